The quantitative estimate of drug-likeness (QED) is 0.775. The monoisotopic (exact) mass is 224 g/mol. The fourth-order valence-corrected chi connectivity index (χ4v) is 2.96. The second-order valence-corrected chi connectivity index (χ2v) is 5.85. The number of rotatable bonds is 2. The molecule has 1 aliphatic heterocycles. The molecule has 2 rings (SSSR count). The highest BCUT2D eigenvalue weighted by molar-refractivity contribution is 5.78. The zero-order chi connectivity index (χ0) is 11.8. The van der Waals surface area contributed by atoms with E-state index >= 15 is 0 Å². The zero-order valence-electron chi connectivity index (χ0n) is 10.8. The maximum absolute atomic E-state index is 11.7. The Morgan fingerprint density at radius 1 is 1.44 bits per heavy atom. The molecular formula is C13H24N2O. The summed E-state index contributed by atoms with van der Waals surface area (Å²) in [5.74, 6) is 0.320. The molecule has 1 spiro atoms. The maximum atomic E-state index is 11.7. The molecule has 92 valence electrons. The Morgan fingerprint density at radius 3 is 2.62 bits per heavy atom. The molecule has 1 atom stereocenters. The third-order valence-electron chi connectivity index (χ3n) is 4.40. The van der Waals surface area contributed by atoms with Gasteiger partial charge >= 0.3 is 0 Å². The molecule has 0 radical (unpaired) electrons. The van der Waals surface area contributed by atoms with Gasteiger partial charge in [-0.3, -0.25) is 4.79 Å². The van der Waals surface area contributed by atoms with Crippen molar-refractivity contribution in [3.63, 3.8) is 0 Å². The highest BCUT2D eigenvalue weighted by Crippen LogP contribution is 2.43. The van der Waals surface area contributed by atoms with Crippen LogP contribution in [-0.2, 0) is 4.79 Å². The first kappa shape index (κ1) is 11.9. The van der Waals surface area contributed by atoms with E-state index in [1.165, 1.54) is 19.3 Å². The van der Waals surface area contributed by atoms with E-state index in [9.17, 15) is 4.79 Å². The summed E-state index contributed by atoms with van der Waals surface area (Å²) in [6.45, 7) is 5.05. The molecule has 1 saturated carbocycles. The minimum atomic E-state index is 0.108. The lowest BCUT2D eigenvalue weighted by atomic mass is 9.69. The van der Waals surface area contributed by atoms with Gasteiger partial charge < -0.3 is 10.2 Å². The number of nitrogens with one attached hydrogen (secondary N) is 1. The van der Waals surface area contributed by atoms with Gasteiger partial charge in [-0.25, -0.2) is 0 Å². The van der Waals surface area contributed by atoms with Crippen molar-refractivity contribution in [2.24, 2.45) is 5.92 Å². The Morgan fingerprint density at radius 2 is 2.12 bits per heavy atom. The lowest BCUT2D eigenvalue weighted by molar-refractivity contribution is -0.125. The van der Waals surface area contributed by atoms with E-state index in [0.717, 1.165) is 19.4 Å². The summed E-state index contributed by atoms with van der Waals surface area (Å²) in [4.78, 5) is 14.2. The standard InChI is InChI=1S/C13H24N2O/c1-10(2)12(16)14-11-5-8-15(3)13(9-11)6-4-7-13/h10-11H,4-9H2,1-3H3,(H,14,16). The van der Waals surface area contributed by atoms with Crippen LogP contribution in [0.1, 0.15) is 46.0 Å². The molecule has 0 aromatic carbocycles. The van der Waals surface area contributed by atoms with Gasteiger partial charge in [0.25, 0.3) is 0 Å². The molecular weight excluding hydrogens is 200 g/mol. The van der Waals surface area contributed by atoms with E-state index in [-0.39, 0.29) is 11.8 Å². The molecule has 3 nitrogen and oxygen atoms in total. The number of piperidine rings is 1. The summed E-state index contributed by atoms with van der Waals surface area (Å²) in [7, 11) is 2.24. The second-order valence-electron chi connectivity index (χ2n) is 5.85. The van der Waals surface area contributed by atoms with E-state index in [0.29, 0.717) is 11.6 Å². The molecule has 0 aromatic rings. The SMILES string of the molecule is CC(C)C(=O)NC1CCN(C)C2(CCC2)C1. The van der Waals surface area contributed by atoms with Crippen LogP contribution in [0.15, 0.2) is 0 Å². The second kappa shape index (κ2) is 4.36. The van der Waals surface area contributed by atoms with Crippen molar-refractivity contribution in [1.82, 2.24) is 10.2 Å². The maximum Gasteiger partial charge on any atom is 0.222 e. The van der Waals surface area contributed by atoms with Crippen LogP contribution >= 0.6 is 0 Å². The molecule has 1 saturated heterocycles. The molecule has 1 aliphatic carbocycles. The first-order chi connectivity index (χ1) is 7.53. The predicted molar refractivity (Wildman–Crippen MR) is 65.2 cm³/mol. The van der Waals surface area contributed by atoms with Crippen molar-refractivity contribution in [3.05, 3.63) is 0 Å². The Balaban J connectivity index is 1.91. The zero-order valence-corrected chi connectivity index (χ0v) is 10.8. The van der Waals surface area contributed by atoms with Crippen LogP contribution in [0.3, 0.4) is 0 Å². The average molecular weight is 224 g/mol. The van der Waals surface area contributed by atoms with Crippen LogP contribution in [0.5, 0.6) is 0 Å². The van der Waals surface area contributed by atoms with Crippen molar-refractivity contribution >= 4 is 5.91 Å². The van der Waals surface area contributed by atoms with E-state index in [4.69, 9.17) is 0 Å². The van der Waals surface area contributed by atoms with E-state index in [2.05, 4.69) is 17.3 Å². The van der Waals surface area contributed by atoms with E-state index in [1.54, 1.807) is 0 Å². The fourth-order valence-electron chi connectivity index (χ4n) is 2.96. The van der Waals surface area contributed by atoms with Gasteiger partial charge in [0.15, 0.2) is 0 Å². The number of hydrogen-bond donors (Lipinski definition) is 1. The normalized spacial score (nSPS) is 29.1. The fraction of sp³-hybridized carbons (Fsp3) is 0.923. The summed E-state index contributed by atoms with van der Waals surface area (Å²) in [5, 5.41) is 3.20. The van der Waals surface area contributed by atoms with Gasteiger partial charge in [0, 0.05) is 24.0 Å². The lowest BCUT2D eigenvalue weighted by Gasteiger charge is -2.54. The molecule has 0 aromatic heterocycles. The van der Waals surface area contributed by atoms with Crippen molar-refractivity contribution in [2.75, 3.05) is 13.6 Å². The number of likely N-dealkylation sites (tertiary alicyclic amines) is 1. The minimum Gasteiger partial charge on any atom is -0.353 e. The van der Waals surface area contributed by atoms with Gasteiger partial charge in [0.2, 0.25) is 5.91 Å². The van der Waals surface area contributed by atoms with Crippen molar-refractivity contribution in [1.29, 1.82) is 0 Å². The summed E-state index contributed by atoms with van der Waals surface area (Å²) >= 11 is 0. The Hall–Kier alpha value is -0.570. The third kappa shape index (κ3) is 2.10. The number of nitrogens with zero attached hydrogens (tertiary/aromatic N) is 1. The molecule has 0 bridgehead atoms. The number of carbonyl (C=O) groups is 1. The summed E-state index contributed by atoms with van der Waals surface area (Å²) in [6.07, 6.45) is 6.25. The van der Waals surface area contributed by atoms with Gasteiger partial charge in [0.05, 0.1) is 0 Å². The number of carbonyl (C=O) groups excluding carboxylic acids is 1. The van der Waals surface area contributed by atoms with Crippen LogP contribution in [0.25, 0.3) is 0 Å². The molecule has 3 heteroatoms. The molecule has 1 amide bonds. The molecule has 2 aliphatic rings. The van der Waals surface area contributed by atoms with E-state index < -0.39 is 0 Å². The Kier molecular flexibility index (Phi) is 3.24. The smallest absolute Gasteiger partial charge is 0.222 e. The van der Waals surface area contributed by atoms with Crippen LogP contribution < -0.4 is 5.32 Å². The summed E-state index contributed by atoms with van der Waals surface area (Å²) in [6, 6.07) is 0.409. The molecule has 1 heterocycles. The third-order valence-corrected chi connectivity index (χ3v) is 4.40. The van der Waals surface area contributed by atoms with Crippen LogP contribution in [0.4, 0.5) is 0 Å². The summed E-state index contributed by atoms with van der Waals surface area (Å²) in [5.41, 5.74) is 0.424. The van der Waals surface area contributed by atoms with Crippen LogP contribution in [0.2, 0.25) is 0 Å². The summed E-state index contributed by atoms with van der Waals surface area (Å²) < 4.78 is 0. The van der Waals surface area contributed by atoms with Crippen molar-refractivity contribution < 1.29 is 4.79 Å². The van der Waals surface area contributed by atoms with Gasteiger partial charge in [-0.1, -0.05) is 13.8 Å². The van der Waals surface area contributed by atoms with Crippen LogP contribution in [-0.4, -0.2) is 36.0 Å². The Labute approximate surface area is 98.6 Å². The highest BCUT2D eigenvalue weighted by atomic mass is 16.1. The largest absolute Gasteiger partial charge is 0.353 e. The number of hydrogen-bond acceptors (Lipinski definition) is 2. The van der Waals surface area contributed by atoms with Gasteiger partial charge in [-0.05, 0) is 39.2 Å². The first-order valence-corrected chi connectivity index (χ1v) is 6.55. The van der Waals surface area contributed by atoms with Gasteiger partial charge in [0.1, 0.15) is 0 Å². The van der Waals surface area contributed by atoms with Crippen molar-refractivity contribution in [3.8, 4) is 0 Å². The van der Waals surface area contributed by atoms with Crippen molar-refractivity contribution in [2.45, 2.75) is 57.5 Å². The molecule has 1 unspecified atom stereocenters. The van der Waals surface area contributed by atoms with E-state index in [1.807, 2.05) is 13.8 Å². The van der Waals surface area contributed by atoms with Crippen LogP contribution in [0, 0.1) is 5.92 Å². The minimum absolute atomic E-state index is 0.108. The first-order valence-electron chi connectivity index (χ1n) is 6.55. The molecule has 16 heavy (non-hydrogen) atoms. The van der Waals surface area contributed by atoms with Gasteiger partial charge in [-0.15, -0.1) is 0 Å². The average Bonchev–Trinajstić information content (AvgIpc) is 2.18. The van der Waals surface area contributed by atoms with Gasteiger partial charge in [-0.2, -0.15) is 0 Å². The topological polar surface area (TPSA) is 32.3 Å². The molecule has 2 fully saturated rings. The highest BCUT2D eigenvalue weighted by Gasteiger charge is 2.45. The lowest BCUT2D eigenvalue weighted by Crippen LogP contribution is -2.60. The molecule has 1 N–H and O–H groups in total. The number of amides is 1. The predicted octanol–water partition coefficient (Wildman–Crippen LogP) is 1.78. The Bertz CT molecular complexity index is 271.